The van der Waals surface area contributed by atoms with E-state index >= 15 is 0 Å². The molecule has 1 heterocycles. The van der Waals surface area contributed by atoms with Gasteiger partial charge in [0.05, 0.1) is 6.61 Å². The summed E-state index contributed by atoms with van der Waals surface area (Å²) in [5.41, 5.74) is 2.37. The van der Waals surface area contributed by atoms with Crippen LogP contribution in [-0.4, -0.2) is 17.5 Å². The predicted octanol–water partition coefficient (Wildman–Crippen LogP) is 3.12. The second-order valence-corrected chi connectivity index (χ2v) is 5.54. The van der Waals surface area contributed by atoms with Crippen LogP contribution in [0.3, 0.4) is 0 Å². The Morgan fingerprint density at radius 1 is 1.29 bits per heavy atom. The summed E-state index contributed by atoms with van der Waals surface area (Å²) in [6, 6.07) is 12.5. The number of aliphatic hydroxyl groups is 1. The normalized spacial score (nSPS) is 14.4. The average Bonchev–Trinajstić information content (AvgIpc) is 2.95. The number of hydrogen-bond acceptors (Lipinski definition) is 3. The minimum atomic E-state index is -1.12. The van der Waals surface area contributed by atoms with E-state index in [1.165, 1.54) is 0 Å². The number of Topliss-reactive ketones (excluding diaryl/α,β-unsaturated/α-hetero) is 1. The molecule has 1 N–H and O–H groups in total. The largest absolute Gasteiger partial charge is 0.493 e. The molecule has 4 heteroatoms. The van der Waals surface area contributed by atoms with Gasteiger partial charge in [-0.05, 0) is 23.3 Å². The molecule has 0 fully saturated rings. The van der Waals surface area contributed by atoms with E-state index in [0.29, 0.717) is 17.2 Å². The van der Waals surface area contributed by atoms with Gasteiger partial charge in [0.2, 0.25) is 0 Å². The molecular weight excluding hydrogens is 288 g/mol. The monoisotopic (exact) mass is 302 g/mol. The molecule has 0 amide bonds. The van der Waals surface area contributed by atoms with Crippen LogP contribution in [0, 0.1) is 0 Å². The number of hydrogen-bond donors (Lipinski definition) is 1. The molecule has 1 aliphatic rings. The number of rotatable bonds is 4. The Morgan fingerprint density at radius 3 is 2.81 bits per heavy atom. The van der Waals surface area contributed by atoms with Gasteiger partial charge in [-0.2, -0.15) is 0 Å². The lowest BCUT2D eigenvalue weighted by Crippen LogP contribution is -2.15. The van der Waals surface area contributed by atoms with Crippen LogP contribution in [0.4, 0.5) is 0 Å². The number of ketones is 1. The molecule has 1 aliphatic heterocycles. The molecule has 21 heavy (non-hydrogen) atoms. The summed E-state index contributed by atoms with van der Waals surface area (Å²) in [4.78, 5) is 12.3. The highest BCUT2D eigenvalue weighted by atomic mass is 35.5. The van der Waals surface area contributed by atoms with E-state index in [4.69, 9.17) is 16.3 Å². The minimum Gasteiger partial charge on any atom is -0.493 e. The molecular formula is C17H15ClO3. The topological polar surface area (TPSA) is 46.5 Å². The van der Waals surface area contributed by atoms with Crippen molar-refractivity contribution < 1.29 is 14.6 Å². The van der Waals surface area contributed by atoms with Gasteiger partial charge in [0.1, 0.15) is 11.9 Å². The highest BCUT2D eigenvalue weighted by Crippen LogP contribution is 2.33. The Morgan fingerprint density at radius 2 is 2.05 bits per heavy atom. The van der Waals surface area contributed by atoms with E-state index in [-0.39, 0.29) is 12.2 Å². The standard InChI is InChI=1S/C17H15ClO3/c18-14-8-12-6-7-21-17(12)13(9-14)10-15(19)16(20)11-4-2-1-3-5-11/h1-5,8-9,16,20H,6-7,10H2. The van der Waals surface area contributed by atoms with Crippen molar-refractivity contribution in [3.8, 4) is 5.75 Å². The molecule has 2 aromatic rings. The van der Waals surface area contributed by atoms with Crippen molar-refractivity contribution in [1.29, 1.82) is 0 Å². The molecule has 1 unspecified atom stereocenters. The molecule has 2 aromatic carbocycles. The molecule has 0 saturated carbocycles. The van der Waals surface area contributed by atoms with Gasteiger partial charge in [0, 0.05) is 23.4 Å². The number of ether oxygens (including phenoxy) is 1. The summed E-state index contributed by atoms with van der Waals surface area (Å²) in [5.74, 6) is 0.481. The second-order valence-electron chi connectivity index (χ2n) is 5.11. The minimum absolute atomic E-state index is 0.110. The molecule has 0 saturated heterocycles. The first-order chi connectivity index (χ1) is 10.1. The lowest BCUT2D eigenvalue weighted by atomic mass is 9.98. The van der Waals surface area contributed by atoms with E-state index in [1.807, 2.05) is 12.1 Å². The van der Waals surface area contributed by atoms with Crippen molar-refractivity contribution in [2.45, 2.75) is 18.9 Å². The molecule has 1 atom stereocenters. The maximum atomic E-state index is 12.3. The first-order valence-corrected chi connectivity index (χ1v) is 7.23. The summed E-state index contributed by atoms with van der Waals surface area (Å²) >= 11 is 6.08. The molecule has 0 aromatic heterocycles. The summed E-state index contributed by atoms with van der Waals surface area (Å²) in [6.45, 7) is 0.609. The third kappa shape index (κ3) is 2.94. The molecule has 108 valence electrons. The first-order valence-electron chi connectivity index (χ1n) is 6.85. The summed E-state index contributed by atoms with van der Waals surface area (Å²) in [5, 5.41) is 10.7. The van der Waals surface area contributed by atoms with Gasteiger partial charge in [-0.15, -0.1) is 0 Å². The number of carbonyl (C=O) groups is 1. The fourth-order valence-corrected chi connectivity index (χ4v) is 2.85. The highest BCUT2D eigenvalue weighted by Gasteiger charge is 2.23. The van der Waals surface area contributed by atoms with Crippen LogP contribution in [0.15, 0.2) is 42.5 Å². The Bertz CT molecular complexity index is 667. The van der Waals surface area contributed by atoms with Gasteiger partial charge in [-0.25, -0.2) is 0 Å². The van der Waals surface area contributed by atoms with Crippen LogP contribution in [0.5, 0.6) is 5.75 Å². The summed E-state index contributed by atoms with van der Waals surface area (Å²) < 4.78 is 5.58. The first kappa shape index (κ1) is 14.1. The third-order valence-electron chi connectivity index (χ3n) is 3.61. The zero-order valence-electron chi connectivity index (χ0n) is 11.4. The Labute approximate surface area is 128 Å². The number of halogens is 1. The second kappa shape index (κ2) is 5.88. The van der Waals surface area contributed by atoms with Gasteiger partial charge >= 0.3 is 0 Å². The highest BCUT2D eigenvalue weighted by molar-refractivity contribution is 6.30. The van der Waals surface area contributed by atoms with Crippen LogP contribution >= 0.6 is 11.6 Å². The lowest BCUT2D eigenvalue weighted by molar-refractivity contribution is -0.126. The molecule has 0 spiro atoms. The van der Waals surface area contributed by atoms with E-state index in [2.05, 4.69) is 0 Å². The van der Waals surface area contributed by atoms with E-state index in [9.17, 15) is 9.90 Å². The van der Waals surface area contributed by atoms with Crippen LogP contribution < -0.4 is 4.74 Å². The molecule has 3 rings (SSSR count). The van der Waals surface area contributed by atoms with Crippen molar-refractivity contribution >= 4 is 17.4 Å². The quantitative estimate of drug-likeness (QED) is 0.944. The Balaban J connectivity index is 1.83. The van der Waals surface area contributed by atoms with Crippen molar-refractivity contribution in [3.05, 3.63) is 64.2 Å². The van der Waals surface area contributed by atoms with Gasteiger partial charge in [0.25, 0.3) is 0 Å². The van der Waals surface area contributed by atoms with Gasteiger partial charge < -0.3 is 9.84 Å². The summed E-state index contributed by atoms with van der Waals surface area (Å²) in [6.07, 6.45) is -0.209. The van der Waals surface area contributed by atoms with E-state index < -0.39 is 6.10 Å². The number of aliphatic hydroxyl groups excluding tert-OH is 1. The van der Waals surface area contributed by atoms with Crippen molar-refractivity contribution in [1.82, 2.24) is 0 Å². The van der Waals surface area contributed by atoms with Gasteiger partial charge in [-0.3, -0.25) is 4.79 Å². The van der Waals surface area contributed by atoms with Crippen molar-refractivity contribution in [2.24, 2.45) is 0 Å². The molecule has 3 nitrogen and oxygen atoms in total. The zero-order valence-corrected chi connectivity index (χ0v) is 12.1. The van der Waals surface area contributed by atoms with Crippen LogP contribution in [-0.2, 0) is 17.6 Å². The maximum Gasteiger partial charge on any atom is 0.170 e. The molecule has 0 aliphatic carbocycles. The van der Waals surface area contributed by atoms with Crippen LogP contribution in [0.1, 0.15) is 22.8 Å². The van der Waals surface area contributed by atoms with E-state index in [1.54, 1.807) is 30.3 Å². The van der Waals surface area contributed by atoms with Crippen LogP contribution in [0.2, 0.25) is 5.02 Å². The van der Waals surface area contributed by atoms with Gasteiger partial charge in [0.15, 0.2) is 5.78 Å². The van der Waals surface area contributed by atoms with Crippen LogP contribution in [0.25, 0.3) is 0 Å². The fraction of sp³-hybridized carbons (Fsp3) is 0.235. The summed E-state index contributed by atoms with van der Waals surface area (Å²) in [7, 11) is 0. The third-order valence-corrected chi connectivity index (χ3v) is 3.83. The maximum absolute atomic E-state index is 12.3. The van der Waals surface area contributed by atoms with Crippen molar-refractivity contribution in [3.63, 3.8) is 0 Å². The number of benzene rings is 2. The number of carbonyl (C=O) groups excluding carboxylic acids is 1. The average molecular weight is 303 g/mol. The van der Waals surface area contributed by atoms with Crippen molar-refractivity contribution in [2.75, 3.05) is 6.61 Å². The lowest BCUT2D eigenvalue weighted by Gasteiger charge is -2.12. The number of fused-ring (bicyclic) bond motifs is 1. The fourth-order valence-electron chi connectivity index (χ4n) is 2.58. The Kier molecular flexibility index (Phi) is 3.95. The van der Waals surface area contributed by atoms with E-state index in [0.717, 1.165) is 23.3 Å². The smallest absolute Gasteiger partial charge is 0.170 e. The predicted molar refractivity (Wildman–Crippen MR) is 80.8 cm³/mol. The molecule has 0 bridgehead atoms. The Hall–Kier alpha value is -1.84. The molecule has 0 radical (unpaired) electrons. The van der Waals surface area contributed by atoms with Gasteiger partial charge in [-0.1, -0.05) is 41.9 Å². The zero-order chi connectivity index (χ0) is 14.8. The SMILES string of the molecule is O=C(Cc1cc(Cl)cc2c1OCC2)C(O)c1ccccc1.